The van der Waals surface area contributed by atoms with Crippen LogP contribution in [0.1, 0.15) is 25.2 Å². The van der Waals surface area contributed by atoms with E-state index in [1.807, 2.05) is 6.92 Å². The maximum absolute atomic E-state index is 13.1. The molecule has 0 aliphatic carbocycles. The van der Waals surface area contributed by atoms with Crippen molar-refractivity contribution in [2.24, 2.45) is 0 Å². The highest BCUT2D eigenvalue weighted by Crippen LogP contribution is 2.34. The van der Waals surface area contributed by atoms with Gasteiger partial charge in [0, 0.05) is 18.6 Å². The first-order valence-corrected chi connectivity index (χ1v) is 4.66. The summed E-state index contributed by atoms with van der Waals surface area (Å²) in [6.45, 7) is 2.21. The number of aryl methyl sites for hydroxylation is 1. The van der Waals surface area contributed by atoms with Gasteiger partial charge in [-0.15, -0.1) is 0 Å². The number of pyridine rings is 1. The molecule has 0 saturated heterocycles. The Balaban J connectivity index is 3.02. The highest BCUT2D eigenvalue weighted by molar-refractivity contribution is 5.02. The summed E-state index contributed by atoms with van der Waals surface area (Å²) in [5, 5.41) is 0. The maximum Gasteiger partial charge on any atom is 0.429 e. The zero-order valence-corrected chi connectivity index (χ0v) is 8.26. The summed E-state index contributed by atoms with van der Waals surface area (Å²) >= 11 is 0. The van der Waals surface area contributed by atoms with Gasteiger partial charge in [0.1, 0.15) is 6.54 Å². The Hall–Kier alpha value is -1.13. The lowest BCUT2D eigenvalue weighted by Gasteiger charge is -2.11. The van der Waals surface area contributed by atoms with Gasteiger partial charge < -0.3 is 0 Å². The molecule has 84 valence electrons. The van der Waals surface area contributed by atoms with Crippen molar-refractivity contribution in [3.8, 4) is 0 Å². The summed E-state index contributed by atoms with van der Waals surface area (Å²) in [7, 11) is 0. The predicted molar refractivity (Wildman–Crippen MR) is 46.8 cm³/mol. The average molecular weight is 222 g/mol. The van der Waals surface area contributed by atoms with Crippen LogP contribution >= 0.6 is 0 Å². The van der Waals surface area contributed by atoms with E-state index in [1.54, 1.807) is 6.07 Å². The monoisotopic (exact) mass is 222 g/mol. The van der Waals surface area contributed by atoms with Crippen LogP contribution in [-0.2, 0) is 6.54 Å². The Morgan fingerprint density at radius 2 is 2.00 bits per heavy atom. The summed E-state index contributed by atoms with van der Waals surface area (Å²) < 4.78 is 50.9. The van der Waals surface area contributed by atoms with E-state index < -0.39 is 12.3 Å². The second kappa shape index (κ2) is 4.59. The van der Waals surface area contributed by atoms with Crippen molar-refractivity contribution < 1.29 is 22.1 Å². The fourth-order valence-electron chi connectivity index (χ4n) is 1.33. The molecule has 15 heavy (non-hydrogen) atoms. The third-order valence-corrected chi connectivity index (χ3v) is 1.99. The Kier molecular flexibility index (Phi) is 3.66. The number of hydrogen-bond donors (Lipinski definition) is 0. The molecule has 0 aromatic carbocycles. The van der Waals surface area contributed by atoms with Gasteiger partial charge in [0.25, 0.3) is 6.17 Å². The molecule has 0 fully saturated rings. The summed E-state index contributed by atoms with van der Waals surface area (Å²) in [5.41, 5.74) is -0.341. The number of aromatic nitrogens is 1. The molecule has 1 aromatic heterocycles. The summed E-state index contributed by atoms with van der Waals surface area (Å²) in [4.78, 5) is 0. The fourth-order valence-corrected chi connectivity index (χ4v) is 1.33. The molecule has 1 nitrogen and oxygen atoms in total. The van der Waals surface area contributed by atoms with Crippen molar-refractivity contribution in [3.63, 3.8) is 0 Å². The van der Waals surface area contributed by atoms with Crippen LogP contribution < -0.4 is 4.57 Å². The zero-order chi connectivity index (χ0) is 11.5. The molecule has 0 N–H and O–H groups in total. The summed E-state index contributed by atoms with van der Waals surface area (Å²) in [6, 6.07) is 4.15. The molecular weight excluding hydrogens is 210 g/mol. The third kappa shape index (κ3) is 2.91. The lowest BCUT2D eigenvalue weighted by atomic mass is 10.2. The fraction of sp³-hybridized carbons (Fsp3) is 0.500. The van der Waals surface area contributed by atoms with Crippen LogP contribution in [0.5, 0.6) is 0 Å². The van der Waals surface area contributed by atoms with Crippen molar-refractivity contribution in [3.05, 3.63) is 30.1 Å². The van der Waals surface area contributed by atoms with E-state index >= 15 is 0 Å². The first kappa shape index (κ1) is 11.9. The van der Waals surface area contributed by atoms with Gasteiger partial charge in [-0.05, 0) is 6.07 Å². The first-order chi connectivity index (χ1) is 6.96. The van der Waals surface area contributed by atoms with E-state index in [0.717, 1.165) is 6.07 Å². The van der Waals surface area contributed by atoms with Crippen LogP contribution in [0.3, 0.4) is 0 Å². The third-order valence-electron chi connectivity index (χ3n) is 1.99. The molecule has 0 aliphatic rings. The van der Waals surface area contributed by atoms with Gasteiger partial charge in [-0.1, -0.05) is 6.92 Å². The maximum atomic E-state index is 13.1. The number of rotatable bonds is 3. The van der Waals surface area contributed by atoms with Crippen molar-refractivity contribution in [2.45, 2.75) is 32.2 Å². The number of alkyl halides is 4. The van der Waals surface area contributed by atoms with Gasteiger partial charge in [-0.25, -0.2) is 4.39 Å². The van der Waals surface area contributed by atoms with E-state index in [-0.39, 0.29) is 5.69 Å². The smallest absolute Gasteiger partial charge is 0.225 e. The molecule has 1 atom stereocenters. The van der Waals surface area contributed by atoms with E-state index in [0.29, 0.717) is 13.0 Å². The minimum atomic E-state index is -4.84. The van der Waals surface area contributed by atoms with Gasteiger partial charge in [0.2, 0.25) is 5.69 Å². The molecule has 0 aliphatic heterocycles. The van der Waals surface area contributed by atoms with Crippen molar-refractivity contribution in [2.75, 3.05) is 0 Å². The van der Waals surface area contributed by atoms with Crippen LogP contribution in [-0.4, -0.2) is 6.18 Å². The van der Waals surface area contributed by atoms with Crippen molar-refractivity contribution >= 4 is 0 Å². The number of hydrogen-bond acceptors (Lipinski definition) is 0. The number of nitrogens with zero attached hydrogens (tertiary/aromatic N) is 1. The molecule has 0 amide bonds. The first-order valence-electron chi connectivity index (χ1n) is 4.66. The second-order valence-electron chi connectivity index (χ2n) is 3.22. The van der Waals surface area contributed by atoms with Gasteiger partial charge in [-0.2, -0.15) is 17.7 Å². The quantitative estimate of drug-likeness (QED) is 0.547. The van der Waals surface area contributed by atoms with E-state index in [2.05, 4.69) is 0 Å². The Morgan fingerprint density at radius 1 is 1.33 bits per heavy atom. The second-order valence-corrected chi connectivity index (χ2v) is 3.22. The van der Waals surface area contributed by atoms with Crippen LogP contribution in [0, 0.1) is 0 Å². The summed E-state index contributed by atoms with van der Waals surface area (Å²) in [6.07, 6.45) is -5.63. The Morgan fingerprint density at radius 3 is 2.53 bits per heavy atom. The standard InChI is InChI=1S/C10H12F4N/c1-2-6-15-7-4-3-5-8(15)9(11)10(12,13)14/h3-5,7,9H,2,6H2,1H3/q+1/t9-/m1/s1. The van der Waals surface area contributed by atoms with Crippen molar-refractivity contribution in [1.82, 2.24) is 0 Å². The average Bonchev–Trinajstić information content (AvgIpc) is 2.17. The molecule has 0 spiro atoms. The molecule has 0 bridgehead atoms. The normalized spacial score (nSPS) is 13.9. The number of halogens is 4. The van der Waals surface area contributed by atoms with Crippen molar-refractivity contribution in [1.29, 1.82) is 0 Å². The molecule has 5 heteroatoms. The zero-order valence-electron chi connectivity index (χ0n) is 8.26. The van der Waals surface area contributed by atoms with Gasteiger partial charge >= 0.3 is 6.18 Å². The lowest BCUT2D eigenvalue weighted by molar-refractivity contribution is -0.708. The Bertz CT molecular complexity index is 321. The van der Waals surface area contributed by atoms with E-state index in [1.165, 1.54) is 16.8 Å². The van der Waals surface area contributed by atoms with Gasteiger partial charge in [-0.3, -0.25) is 0 Å². The predicted octanol–water partition coefficient (Wildman–Crippen LogP) is 2.96. The highest BCUT2D eigenvalue weighted by Gasteiger charge is 2.46. The molecular formula is C10H12F4N+. The van der Waals surface area contributed by atoms with E-state index in [4.69, 9.17) is 0 Å². The molecule has 0 radical (unpaired) electrons. The molecule has 1 aromatic rings. The highest BCUT2D eigenvalue weighted by atomic mass is 19.4. The van der Waals surface area contributed by atoms with E-state index in [9.17, 15) is 17.6 Å². The molecule has 0 unspecified atom stereocenters. The lowest BCUT2D eigenvalue weighted by Crippen LogP contribution is -2.41. The molecule has 1 heterocycles. The largest absolute Gasteiger partial charge is 0.429 e. The van der Waals surface area contributed by atoms with Gasteiger partial charge in [0.05, 0.1) is 0 Å². The van der Waals surface area contributed by atoms with Crippen LogP contribution in [0.15, 0.2) is 24.4 Å². The Labute approximate surface area is 85.3 Å². The molecule has 0 saturated carbocycles. The molecule has 1 rings (SSSR count). The van der Waals surface area contributed by atoms with Crippen LogP contribution in [0.4, 0.5) is 17.6 Å². The minimum Gasteiger partial charge on any atom is -0.225 e. The topological polar surface area (TPSA) is 3.88 Å². The van der Waals surface area contributed by atoms with Gasteiger partial charge in [0.15, 0.2) is 6.20 Å². The van der Waals surface area contributed by atoms with Crippen LogP contribution in [0.2, 0.25) is 0 Å². The SMILES string of the molecule is CCC[n+]1ccccc1[C@@H](F)C(F)(F)F. The minimum absolute atomic E-state index is 0.341. The van der Waals surface area contributed by atoms with Crippen LogP contribution in [0.25, 0.3) is 0 Å². The summed E-state index contributed by atoms with van der Waals surface area (Å²) in [5.74, 6) is 0.